The van der Waals surface area contributed by atoms with E-state index in [4.69, 9.17) is 0 Å². The molecule has 0 amide bonds. The molecule has 122 valence electrons. The molecule has 0 aromatic carbocycles. The summed E-state index contributed by atoms with van der Waals surface area (Å²) in [6.07, 6.45) is 9.34. The number of aromatic amines is 1. The van der Waals surface area contributed by atoms with Gasteiger partial charge in [-0.15, -0.1) is 0 Å². The number of imidazole rings is 1. The predicted molar refractivity (Wildman–Crippen MR) is 91.8 cm³/mol. The number of alkyl halides is 1. The fourth-order valence-electron chi connectivity index (χ4n) is 2.60. The molecule has 0 bridgehead atoms. The van der Waals surface area contributed by atoms with Crippen molar-refractivity contribution in [3.8, 4) is 11.1 Å². The maximum atomic E-state index is 13.6. The topological polar surface area (TPSA) is 70.9 Å². The van der Waals surface area contributed by atoms with Gasteiger partial charge in [-0.1, -0.05) is 0 Å². The molecule has 2 N–H and O–H groups in total. The summed E-state index contributed by atoms with van der Waals surface area (Å²) in [6, 6.07) is 3.98. The van der Waals surface area contributed by atoms with Gasteiger partial charge < -0.3 is 14.7 Å². The maximum Gasteiger partial charge on any atom is 0.224 e. The second-order valence-corrected chi connectivity index (χ2v) is 6.34. The highest BCUT2D eigenvalue weighted by molar-refractivity contribution is 5.93. The van der Waals surface area contributed by atoms with Gasteiger partial charge in [0.25, 0.3) is 0 Å². The number of hydrogen-bond donors (Lipinski definition) is 2. The third-order valence-electron chi connectivity index (χ3n) is 3.80. The predicted octanol–water partition coefficient (Wildman–Crippen LogP) is 3.43. The van der Waals surface area contributed by atoms with Crippen LogP contribution in [-0.2, 0) is 0 Å². The van der Waals surface area contributed by atoms with Crippen molar-refractivity contribution < 1.29 is 4.39 Å². The summed E-state index contributed by atoms with van der Waals surface area (Å²) in [6.45, 7) is 3.18. The Morgan fingerprint density at radius 1 is 1.29 bits per heavy atom. The zero-order valence-corrected chi connectivity index (χ0v) is 13.4. The lowest BCUT2D eigenvalue weighted by molar-refractivity contribution is 0.234. The first-order valence-electron chi connectivity index (χ1n) is 7.70. The van der Waals surface area contributed by atoms with E-state index in [1.165, 1.54) is 13.8 Å². The first-order valence-corrected chi connectivity index (χ1v) is 7.70. The van der Waals surface area contributed by atoms with Crippen LogP contribution in [0.4, 0.5) is 10.3 Å². The average Bonchev–Trinajstić information content (AvgIpc) is 3.17. The largest absolute Gasteiger partial charge is 0.351 e. The highest BCUT2D eigenvalue weighted by Crippen LogP contribution is 2.28. The van der Waals surface area contributed by atoms with Crippen LogP contribution in [0.25, 0.3) is 27.8 Å². The van der Waals surface area contributed by atoms with Crippen LogP contribution in [0.1, 0.15) is 13.8 Å². The maximum absolute atomic E-state index is 13.6. The SMILES string of the molecule is CC(C)(F)CNc1ncc2c(-c3ccc4nccn4c3)c[nH]c2n1. The van der Waals surface area contributed by atoms with E-state index in [0.717, 1.165) is 22.2 Å². The van der Waals surface area contributed by atoms with Gasteiger partial charge in [-0.05, 0) is 26.0 Å². The van der Waals surface area contributed by atoms with Crippen LogP contribution in [-0.4, -0.2) is 36.6 Å². The lowest BCUT2D eigenvalue weighted by atomic mass is 10.1. The quantitative estimate of drug-likeness (QED) is 0.603. The molecule has 6 nitrogen and oxygen atoms in total. The van der Waals surface area contributed by atoms with Crippen molar-refractivity contribution in [2.24, 2.45) is 0 Å². The van der Waals surface area contributed by atoms with E-state index in [1.54, 1.807) is 12.4 Å². The van der Waals surface area contributed by atoms with Crippen molar-refractivity contribution >= 4 is 22.6 Å². The Morgan fingerprint density at radius 3 is 3.00 bits per heavy atom. The Kier molecular flexibility index (Phi) is 3.23. The van der Waals surface area contributed by atoms with E-state index in [1.807, 2.05) is 35.1 Å². The molecule has 4 heterocycles. The number of aromatic nitrogens is 5. The van der Waals surface area contributed by atoms with E-state index >= 15 is 0 Å². The van der Waals surface area contributed by atoms with Gasteiger partial charge in [0.05, 0.1) is 6.54 Å². The molecule has 7 heteroatoms. The fourth-order valence-corrected chi connectivity index (χ4v) is 2.60. The molecule has 0 aliphatic rings. The molecule has 24 heavy (non-hydrogen) atoms. The Morgan fingerprint density at radius 2 is 2.17 bits per heavy atom. The number of nitrogens with one attached hydrogen (secondary N) is 2. The van der Waals surface area contributed by atoms with E-state index in [0.29, 0.717) is 11.6 Å². The summed E-state index contributed by atoms with van der Waals surface area (Å²) >= 11 is 0. The standard InChI is InChI=1S/C17H17FN6/c1-17(2,18)10-22-16-21-8-13-12(7-20-15(13)23-16)11-3-4-14-19-5-6-24(14)9-11/h3-9H,10H2,1-2H3,(H2,20,21,22,23). The molecule has 4 rings (SSSR count). The Hall–Kier alpha value is -2.96. The van der Waals surface area contributed by atoms with Gasteiger partial charge in [0, 0.05) is 47.5 Å². The Labute approximate surface area is 137 Å². The van der Waals surface area contributed by atoms with Gasteiger partial charge in [0.1, 0.15) is 17.0 Å². The van der Waals surface area contributed by atoms with Crippen molar-refractivity contribution in [2.45, 2.75) is 19.5 Å². The van der Waals surface area contributed by atoms with Gasteiger partial charge in [-0.3, -0.25) is 0 Å². The van der Waals surface area contributed by atoms with Gasteiger partial charge in [0.2, 0.25) is 5.95 Å². The van der Waals surface area contributed by atoms with Crippen molar-refractivity contribution in [3.63, 3.8) is 0 Å². The third kappa shape index (κ3) is 2.68. The molecular weight excluding hydrogens is 307 g/mol. The number of anilines is 1. The molecule has 0 fully saturated rings. The van der Waals surface area contributed by atoms with Crippen molar-refractivity contribution in [1.29, 1.82) is 0 Å². The molecular formula is C17H17FN6. The molecule has 0 radical (unpaired) electrons. The van der Waals surface area contributed by atoms with Crippen LogP contribution in [0.3, 0.4) is 0 Å². The number of rotatable bonds is 4. The van der Waals surface area contributed by atoms with E-state index in [-0.39, 0.29) is 6.54 Å². The summed E-state index contributed by atoms with van der Waals surface area (Å²) in [4.78, 5) is 16.1. The summed E-state index contributed by atoms with van der Waals surface area (Å²) in [5, 5.41) is 3.83. The van der Waals surface area contributed by atoms with E-state index < -0.39 is 5.67 Å². The van der Waals surface area contributed by atoms with Crippen molar-refractivity contribution in [1.82, 2.24) is 24.3 Å². The molecule has 0 unspecified atom stereocenters. The van der Waals surface area contributed by atoms with Gasteiger partial charge >= 0.3 is 0 Å². The van der Waals surface area contributed by atoms with E-state index in [9.17, 15) is 4.39 Å². The van der Waals surface area contributed by atoms with Gasteiger partial charge in [-0.2, -0.15) is 4.98 Å². The third-order valence-corrected chi connectivity index (χ3v) is 3.80. The van der Waals surface area contributed by atoms with Crippen LogP contribution in [0.5, 0.6) is 0 Å². The number of halogens is 1. The molecule has 0 saturated heterocycles. The minimum atomic E-state index is -1.32. The first-order chi connectivity index (χ1) is 11.5. The minimum Gasteiger partial charge on any atom is -0.351 e. The fraction of sp³-hybridized carbons (Fsp3) is 0.235. The highest BCUT2D eigenvalue weighted by atomic mass is 19.1. The van der Waals surface area contributed by atoms with Crippen LogP contribution in [0, 0.1) is 0 Å². The summed E-state index contributed by atoms with van der Waals surface area (Å²) in [5.41, 5.74) is 2.35. The molecule has 4 aromatic heterocycles. The second-order valence-electron chi connectivity index (χ2n) is 6.34. The van der Waals surface area contributed by atoms with Crippen molar-refractivity contribution in [2.75, 3.05) is 11.9 Å². The second kappa shape index (κ2) is 5.30. The van der Waals surface area contributed by atoms with Crippen LogP contribution in [0.2, 0.25) is 0 Å². The minimum absolute atomic E-state index is 0.156. The molecule has 0 saturated carbocycles. The summed E-state index contributed by atoms with van der Waals surface area (Å²) in [7, 11) is 0. The smallest absolute Gasteiger partial charge is 0.224 e. The van der Waals surface area contributed by atoms with Crippen LogP contribution < -0.4 is 5.32 Å². The molecule has 0 spiro atoms. The van der Waals surface area contributed by atoms with E-state index in [2.05, 4.69) is 25.3 Å². The normalized spacial score (nSPS) is 12.1. The molecule has 0 atom stereocenters. The zero-order valence-electron chi connectivity index (χ0n) is 13.4. The number of fused-ring (bicyclic) bond motifs is 2. The van der Waals surface area contributed by atoms with Gasteiger partial charge in [-0.25, -0.2) is 14.4 Å². The molecule has 0 aliphatic heterocycles. The zero-order chi connectivity index (χ0) is 16.7. The van der Waals surface area contributed by atoms with Crippen LogP contribution >= 0.6 is 0 Å². The Balaban J connectivity index is 1.69. The Bertz CT molecular complexity index is 1010. The average molecular weight is 324 g/mol. The summed E-state index contributed by atoms with van der Waals surface area (Å²) in [5.74, 6) is 0.409. The number of hydrogen-bond acceptors (Lipinski definition) is 4. The number of nitrogens with zero attached hydrogens (tertiary/aromatic N) is 4. The lowest BCUT2D eigenvalue weighted by Gasteiger charge is -2.14. The molecule has 0 aliphatic carbocycles. The summed E-state index contributed by atoms with van der Waals surface area (Å²) < 4.78 is 15.5. The van der Waals surface area contributed by atoms with Crippen LogP contribution in [0.15, 0.2) is 43.1 Å². The highest BCUT2D eigenvalue weighted by Gasteiger charge is 2.16. The number of pyridine rings is 1. The molecule has 4 aromatic rings. The number of H-pyrrole nitrogens is 1. The lowest BCUT2D eigenvalue weighted by Crippen LogP contribution is -2.25. The first kappa shape index (κ1) is 14.6. The van der Waals surface area contributed by atoms with Crippen molar-refractivity contribution in [3.05, 3.63) is 43.1 Å². The van der Waals surface area contributed by atoms with Gasteiger partial charge in [0.15, 0.2) is 0 Å². The monoisotopic (exact) mass is 324 g/mol.